The SMILES string of the molecule is CCCCCCCCCCCCCCC(CCCCCCCCCC)CCCCC[C+]1N=CC=N1. The van der Waals surface area contributed by atoms with Crippen LogP contribution in [0.1, 0.15) is 187 Å². The third-order valence-corrected chi connectivity index (χ3v) is 7.96. The van der Waals surface area contributed by atoms with E-state index < -0.39 is 0 Å². The molecule has 0 aromatic heterocycles. The fourth-order valence-corrected chi connectivity index (χ4v) is 5.57. The molecule has 0 aromatic carbocycles. The number of nitrogens with zero attached hydrogens (tertiary/aromatic N) is 2. The normalized spacial score (nSPS) is 13.8. The van der Waals surface area contributed by atoms with Gasteiger partial charge in [-0.15, -0.1) is 0 Å². The maximum atomic E-state index is 4.32. The molecule has 1 aliphatic rings. The molecule has 0 bridgehead atoms. The van der Waals surface area contributed by atoms with Gasteiger partial charge in [0, 0.05) is 0 Å². The second-order valence-corrected chi connectivity index (χ2v) is 11.4. The van der Waals surface area contributed by atoms with Gasteiger partial charge >= 0.3 is 0 Å². The molecule has 204 valence electrons. The summed E-state index contributed by atoms with van der Waals surface area (Å²) in [5.74, 6) is 0.980. The number of unbranched alkanes of at least 4 members (excludes halogenated alkanes) is 20. The molecule has 1 heterocycles. The summed E-state index contributed by atoms with van der Waals surface area (Å²) in [6, 6.07) is 0. The van der Waals surface area contributed by atoms with E-state index >= 15 is 0 Å². The minimum Gasteiger partial charge on any atom is -0.0968 e. The Kier molecular flexibility index (Phi) is 24.2. The first-order chi connectivity index (χ1) is 17.4. The van der Waals surface area contributed by atoms with Gasteiger partial charge in [-0.05, 0) is 12.3 Å². The van der Waals surface area contributed by atoms with Crippen LogP contribution in [0, 0.1) is 12.1 Å². The number of hydrogen-bond acceptors (Lipinski definition) is 2. The van der Waals surface area contributed by atoms with Crippen LogP contribution in [0.5, 0.6) is 0 Å². The molecule has 1 aliphatic heterocycles. The summed E-state index contributed by atoms with van der Waals surface area (Å²) < 4.78 is 0. The van der Waals surface area contributed by atoms with E-state index in [0.717, 1.165) is 18.5 Å². The van der Waals surface area contributed by atoms with E-state index in [1.807, 2.05) is 12.4 Å². The summed E-state index contributed by atoms with van der Waals surface area (Å²) in [6.45, 7) is 4.62. The van der Waals surface area contributed by atoms with Gasteiger partial charge in [0.05, 0.1) is 6.42 Å². The van der Waals surface area contributed by atoms with E-state index in [0.29, 0.717) is 0 Å². The Morgan fingerprint density at radius 2 is 0.743 bits per heavy atom. The van der Waals surface area contributed by atoms with Crippen molar-refractivity contribution in [3.05, 3.63) is 6.17 Å². The highest BCUT2D eigenvalue weighted by Gasteiger charge is 2.15. The summed E-state index contributed by atoms with van der Waals surface area (Å²) in [4.78, 5) is 8.63. The van der Waals surface area contributed by atoms with Crippen LogP contribution in [0.3, 0.4) is 0 Å². The molecule has 0 N–H and O–H groups in total. The quantitative estimate of drug-likeness (QED) is 0.0774. The minimum atomic E-state index is 0.980. The van der Waals surface area contributed by atoms with E-state index in [2.05, 4.69) is 23.8 Å². The zero-order chi connectivity index (χ0) is 25.1. The van der Waals surface area contributed by atoms with Gasteiger partial charge in [-0.2, -0.15) is 0 Å². The van der Waals surface area contributed by atoms with Crippen LogP contribution >= 0.6 is 0 Å². The monoisotopic (exact) mass is 487 g/mol. The fraction of sp³-hybridized carbons (Fsp3) is 0.909. The van der Waals surface area contributed by atoms with Gasteiger partial charge in [0.2, 0.25) is 6.17 Å². The smallest absolute Gasteiger partial charge is 0.0968 e. The third-order valence-electron chi connectivity index (χ3n) is 7.96. The van der Waals surface area contributed by atoms with Gasteiger partial charge in [-0.25, -0.2) is 0 Å². The molecule has 0 spiro atoms. The Morgan fingerprint density at radius 3 is 1.11 bits per heavy atom. The van der Waals surface area contributed by atoms with Crippen molar-refractivity contribution >= 4 is 12.4 Å². The molecule has 1 rings (SSSR count). The molecular formula is C33H63N2+. The first kappa shape index (κ1) is 32.2. The Bertz CT molecular complexity index is 458. The predicted molar refractivity (Wildman–Crippen MR) is 160 cm³/mol. The van der Waals surface area contributed by atoms with Crippen LogP contribution in [-0.4, -0.2) is 12.4 Å². The highest BCUT2D eigenvalue weighted by atomic mass is 15.0. The molecule has 0 saturated heterocycles. The van der Waals surface area contributed by atoms with Crippen LogP contribution in [0.15, 0.2) is 9.98 Å². The van der Waals surface area contributed by atoms with E-state index in [1.54, 1.807) is 0 Å². The van der Waals surface area contributed by atoms with Crippen molar-refractivity contribution in [2.24, 2.45) is 15.9 Å². The van der Waals surface area contributed by atoms with Crippen molar-refractivity contribution in [2.45, 2.75) is 187 Å². The Balaban J connectivity index is 2.06. The highest BCUT2D eigenvalue weighted by Crippen LogP contribution is 2.25. The average molecular weight is 488 g/mol. The van der Waals surface area contributed by atoms with Gasteiger partial charge < -0.3 is 0 Å². The lowest BCUT2D eigenvalue weighted by molar-refractivity contribution is 0.366. The van der Waals surface area contributed by atoms with E-state index in [-0.39, 0.29) is 0 Å². The van der Waals surface area contributed by atoms with Crippen molar-refractivity contribution in [3.63, 3.8) is 0 Å². The molecule has 0 saturated carbocycles. The number of rotatable bonds is 28. The zero-order valence-electron chi connectivity index (χ0n) is 24.2. The summed E-state index contributed by atoms with van der Waals surface area (Å²) in [5, 5.41) is 0. The molecule has 0 radical (unpaired) electrons. The van der Waals surface area contributed by atoms with Gasteiger partial charge in [0.25, 0.3) is 0 Å². The van der Waals surface area contributed by atoms with Crippen molar-refractivity contribution in [3.8, 4) is 0 Å². The average Bonchev–Trinajstić information content (AvgIpc) is 3.39. The van der Waals surface area contributed by atoms with Crippen LogP contribution in [0.2, 0.25) is 0 Å². The maximum Gasteiger partial charge on any atom is 0.240 e. The van der Waals surface area contributed by atoms with Crippen LogP contribution < -0.4 is 0 Å². The summed E-state index contributed by atoms with van der Waals surface area (Å²) >= 11 is 0. The Hall–Kier alpha value is -0.790. The molecule has 1 atom stereocenters. The molecule has 0 fully saturated rings. The van der Waals surface area contributed by atoms with Crippen LogP contribution in [-0.2, 0) is 0 Å². The van der Waals surface area contributed by atoms with Crippen molar-refractivity contribution < 1.29 is 0 Å². The van der Waals surface area contributed by atoms with E-state index in [4.69, 9.17) is 0 Å². The minimum absolute atomic E-state index is 0.980. The van der Waals surface area contributed by atoms with Gasteiger partial charge in [0.15, 0.2) is 12.4 Å². The lowest BCUT2D eigenvalue weighted by Gasteiger charge is -2.17. The van der Waals surface area contributed by atoms with Gasteiger partial charge in [-0.3, -0.25) is 0 Å². The van der Waals surface area contributed by atoms with E-state index in [9.17, 15) is 0 Å². The molecule has 0 aliphatic carbocycles. The van der Waals surface area contributed by atoms with E-state index in [1.165, 1.54) is 167 Å². The molecule has 0 aromatic rings. The number of hydrogen-bond donors (Lipinski definition) is 0. The molecule has 1 unspecified atom stereocenters. The largest absolute Gasteiger partial charge is 0.240 e. The summed E-state index contributed by atoms with van der Waals surface area (Å²) in [6.07, 6.45) is 43.3. The fourth-order valence-electron chi connectivity index (χ4n) is 5.57. The summed E-state index contributed by atoms with van der Waals surface area (Å²) in [5.41, 5.74) is 0. The summed E-state index contributed by atoms with van der Waals surface area (Å²) in [7, 11) is 0. The van der Waals surface area contributed by atoms with Crippen molar-refractivity contribution in [1.82, 2.24) is 0 Å². The highest BCUT2D eigenvalue weighted by molar-refractivity contribution is 6.18. The Labute approximate surface area is 221 Å². The van der Waals surface area contributed by atoms with Crippen LogP contribution in [0.25, 0.3) is 0 Å². The first-order valence-corrected chi connectivity index (χ1v) is 16.3. The zero-order valence-corrected chi connectivity index (χ0v) is 24.2. The maximum absolute atomic E-state index is 4.32. The Morgan fingerprint density at radius 1 is 0.429 bits per heavy atom. The van der Waals surface area contributed by atoms with Crippen LogP contribution in [0.4, 0.5) is 0 Å². The molecule has 2 nitrogen and oxygen atoms in total. The third kappa shape index (κ3) is 22.2. The number of aliphatic imine (C=N–C) groups is 2. The molecule has 2 heteroatoms. The standard InChI is InChI=1S/C33H63N2/c1-3-5-7-9-11-13-14-15-16-18-20-23-27-32(26-22-19-17-12-10-8-6-4-2)28-24-21-25-29-33-34-30-31-35-33/h30-32H,3-29H2,1-2H3/q+1. The lowest BCUT2D eigenvalue weighted by Crippen LogP contribution is -2.02. The second kappa shape index (κ2) is 26.3. The first-order valence-electron chi connectivity index (χ1n) is 16.3. The van der Waals surface area contributed by atoms with Gasteiger partial charge in [0.1, 0.15) is 0 Å². The second-order valence-electron chi connectivity index (χ2n) is 11.4. The predicted octanol–water partition coefficient (Wildman–Crippen LogP) is 11.8. The van der Waals surface area contributed by atoms with Crippen molar-refractivity contribution in [1.29, 1.82) is 0 Å². The van der Waals surface area contributed by atoms with Gasteiger partial charge in [-0.1, -0.05) is 184 Å². The lowest BCUT2D eigenvalue weighted by atomic mass is 9.89. The van der Waals surface area contributed by atoms with Crippen molar-refractivity contribution in [2.75, 3.05) is 0 Å². The molecular weight excluding hydrogens is 424 g/mol. The topological polar surface area (TPSA) is 24.7 Å². The molecule has 35 heavy (non-hydrogen) atoms. The molecule has 0 amide bonds.